The summed E-state index contributed by atoms with van der Waals surface area (Å²) in [5.41, 5.74) is 24.9. The summed E-state index contributed by atoms with van der Waals surface area (Å²) in [6, 6.07) is 77.8. The van der Waals surface area contributed by atoms with Crippen LogP contribution >= 0.6 is 0 Å². The van der Waals surface area contributed by atoms with E-state index in [0.717, 1.165) is 50.1 Å². The second-order valence-corrected chi connectivity index (χ2v) is 18.7. The lowest BCUT2D eigenvalue weighted by atomic mass is 9.97. The number of benzene rings is 10. The van der Waals surface area contributed by atoms with Crippen LogP contribution in [0.25, 0.3) is 111 Å². The molecule has 0 spiro atoms. The van der Waals surface area contributed by atoms with Gasteiger partial charge in [-0.25, -0.2) is 0 Å². The Labute approximate surface area is 403 Å². The predicted molar refractivity (Wildman–Crippen MR) is 291 cm³/mol. The molecule has 0 amide bonds. The van der Waals surface area contributed by atoms with Gasteiger partial charge in [0.1, 0.15) is 0 Å². The summed E-state index contributed by atoms with van der Waals surface area (Å²) in [4.78, 5) is 0. The van der Waals surface area contributed by atoms with Gasteiger partial charge in [-0.05, 0) is 180 Å². The summed E-state index contributed by atoms with van der Waals surface area (Å²) in [5, 5.41) is 15.3. The van der Waals surface area contributed by atoms with Crippen molar-refractivity contribution in [1.29, 1.82) is 5.26 Å². The fourth-order valence-corrected chi connectivity index (χ4v) is 10.9. The molecule has 0 fully saturated rings. The van der Waals surface area contributed by atoms with Crippen molar-refractivity contribution in [2.24, 2.45) is 0 Å². The molecule has 3 heteroatoms. The van der Waals surface area contributed by atoms with Crippen LogP contribution < -0.4 is 0 Å². The van der Waals surface area contributed by atoms with Crippen LogP contribution in [0.15, 0.2) is 206 Å². The maximum absolute atomic E-state index is 10.6. The topological polar surface area (TPSA) is 33.6 Å². The van der Waals surface area contributed by atoms with E-state index in [9.17, 15) is 5.26 Å². The average Bonchev–Trinajstić information content (AvgIpc) is 3.88. The second-order valence-electron chi connectivity index (χ2n) is 18.7. The highest BCUT2D eigenvalue weighted by molar-refractivity contribution is 6.14. The van der Waals surface area contributed by atoms with Crippen molar-refractivity contribution >= 4 is 43.6 Å². The van der Waals surface area contributed by atoms with Gasteiger partial charge in [0.2, 0.25) is 0 Å². The summed E-state index contributed by atoms with van der Waals surface area (Å²) < 4.78 is 4.87. The van der Waals surface area contributed by atoms with Crippen molar-refractivity contribution in [2.75, 3.05) is 0 Å². The number of hydrogen-bond acceptors (Lipinski definition) is 1. The summed E-state index contributed by atoms with van der Waals surface area (Å²) >= 11 is 0. The number of rotatable bonds is 7. The van der Waals surface area contributed by atoms with Gasteiger partial charge in [0.15, 0.2) is 0 Å². The second kappa shape index (κ2) is 16.6. The Balaban J connectivity index is 1.14. The maximum atomic E-state index is 10.6. The first-order chi connectivity index (χ1) is 33.7. The number of aryl methyl sites for hydroxylation is 5. The van der Waals surface area contributed by atoms with Crippen LogP contribution in [0.3, 0.4) is 0 Å². The number of nitrogens with zero attached hydrogens (tertiary/aromatic N) is 3. The molecule has 3 nitrogen and oxygen atoms in total. The van der Waals surface area contributed by atoms with E-state index in [0.29, 0.717) is 5.56 Å². The molecular formula is C66H49N3. The zero-order valence-corrected chi connectivity index (χ0v) is 39.5. The molecule has 10 aromatic carbocycles. The lowest BCUT2D eigenvalue weighted by molar-refractivity contribution is 1.15. The van der Waals surface area contributed by atoms with Crippen molar-refractivity contribution in [3.8, 4) is 73.1 Å². The fourth-order valence-electron chi connectivity index (χ4n) is 10.9. The maximum Gasteiger partial charge on any atom is 0.0991 e. The van der Waals surface area contributed by atoms with Crippen LogP contribution in [-0.4, -0.2) is 9.13 Å². The third-order valence-electron chi connectivity index (χ3n) is 14.4. The summed E-state index contributed by atoms with van der Waals surface area (Å²) in [6.45, 7) is 10.9. The third-order valence-corrected chi connectivity index (χ3v) is 14.4. The minimum Gasteiger partial charge on any atom is -0.309 e. The molecule has 0 aliphatic rings. The summed E-state index contributed by atoms with van der Waals surface area (Å²) in [5.74, 6) is 0. The van der Waals surface area contributed by atoms with Crippen LogP contribution in [0.1, 0.15) is 33.4 Å². The van der Waals surface area contributed by atoms with Crippen molar-refractivity contribution in [1.82, 2.24) is 9.13 Å². The van der Waals surface area contributed by atoms with E-state index in [2.05, 4.69) is 250 Å². The molecular weight excluding hydrogens is 835 g/mol. The molecule has 2 heterocycles. The van der Waals surface area contributed by atoms with Gasteiger partial charge in [0.25, 0.3) is 0 Å². The summed E-state index contributed by atoms with van der Waals surface area (Å²) in [6.07, 6.45) is 0. The molecule has 0 radical (unpaired) electrons. The van der Waals surface area contributed by atoms with E-state index >= 15 is 0 Å². The molecule has 69 heavy (non-hydrogen) atoms. The molecule has 0 atom stereocenters. The smallest absolute Gasteiger partial charge is 0.0991 e. The quantitative estimate of drug-likeness (QED) is 0.157. The minimum atomic E-state index is 0.609. The Morgan fingerprint density at radius 2 is 0.667 bits per heavy atom. The first-order valence-electron chi connectivity index (χ1n) is 23.8. The Hall–Kier alpha value is -8.71. The largest absolute Gasteiger partial charge is 0.309 e. The monoisotopic (exact) mass is 883 g/mol. The normalized spacial score (nSPS) is 11.5. The first kappa shape index (κ1) is 41.7. The molecule has 0 unspecified atom stereocenters. The Kier molecular flexibility index (Phi) is 10.0. The predicted octanol–water partition coefficient (Wildman–Crippen LogP) is 17.6. The standard InChI is InChI=1S/C66H49N3/c1-41-22-28-55(66(34-41)69-64-32-26-49(53-20-12-8-16-44(53)4)38-59(64)60-39-50(27-33-65(60)69)54-21-13-9-17-45(54)5)56-35-46(40-67)23-29-61(56)68-62-30-24-47(51-18-10-6-14-42(51)2)36-57(62)58-37-48(25-31-63(58)68)52-19-11-7-15-43(52)3/h6-39H,1-5H3. The van der Waals surface area contributed by atoms with Gasteiger partial charge in [0, 0.05) is 32.7 Å². The zero-order chi connectivity index (χ0) is 46.9. The van der Waals surface area contributed by atoms with Crippen LogP contribution in [0.5, 0.6) is 0 Å². The van der Waals surface area contributed by atoms with Gasteiger partial charge < -0.3 is 9.13 Å². The molecule has 12 rings (SSSR count). The van der Waals surface area contributed by atoms with E-state index < -0.39 is 0 Å². The van der Waals surface area contributed by atoms with Gasteiger partial charge in [-0.1, -0.05) is 133 Å². The molecule has 2 aromatic heterocycles. The van der Waals surface area contributed by atoms with E-state index in [4.69, 9.17) is 0 Å². The van der Waals surface area contributed by atoms with Crippen LogP contribution in [-0.2, 0) is 0 Å². The molecule has 0 saturated heterocycles. The van der Waals surface area contributed by atoms with Gasteiger partial charge in [-0.3, -0.25) is 0 Å². The van der Waals surface area contributed by atoms with E-state index in [1.54, 1.807) is 0 Å². The van der Waals surface area contributed by atoms with Crippen molar-refractivity contribution in [2.45, 2.75) is 34.6 Å². The fraction of sp³-hybridized carbons (Fsp3) is 0.0758. The first-order valence-corrected chi connectivity index (χ1v) is 23.8. The molecule has 0 N–H and O–H groups in total. The Bertz CT molecular complexity index is 3890. The zero-order valence-electron chi connectivity index (χ0n) is 39.5. The minimum absolute atomic E-state index is 0.609. The number of fused-ring (bicyclic) bond motifs is 6. The van der Waals surface area contributed by atoms with Gasteiger partial charge in [-0.2, -0.15) is 5.26 Å². The van der Waals surface area contributed by atoms with Crippen LogP contribution in [0.4, 0.5) is 0 Å². The number of aromatic nitrogens is 2. The highest BCUT2D eigenvalue weighted by Gasteiger charge is 2.23. The van der Waals surface area contributed by atoms with E-state index in [-0.39, 0.29) is 0 Å². The average molecular weight is 884 g/mol. The molecule has 0 aliphatic carbocycles. The van der Waals surface area contributed by atoms with Gasteiger partial charge in [-0.15, -0.1) is 0 Å². The van der Waals surface area contributed by atoms with E-state index in [1.165, 1.54) is 88.3 Å². The highest BCUT2D eigenvalue weighted by Crippen LogP contribution is 2.45. The molecule has 0 saturated carbocycles. The van der Waals surface area contributed by atoms with Gasteiger partial charge >= 0.3 is 0 Å². The van der Waals surface area contributed by atoms with E-state index in [1.807, 2.05) is 6.07 Å². The Morgan fingerprint density at radius 1 is 0.304 bits per heavy atom. The highest BCUT2D eigenvalue weighted by atomic mass is 15.0. The summed E-state index contributed by atoms with van der Waals surface area (Å²) in [7, 11) is 0. The molecule has 0 bridgehead atoms. The van der Waals surface area contributed by atoms with Crippen LogP contribution in [0, 0.1) is 45.9 Å². The lowest BCUT2D eigenvalue weighted by Gasteiger charge is -2.20. The van der Waals surface area contributed by atoms with Gasteiger partial charge in [0.05, 0.1) is 45.1 Å². The molecule has 328 valence electrons. The SMILES string of the molecule is Cc1ccc(-c2cc(C#N)ccc2-n2c3ccc(-c4ccccc4C)cc3c3cc(-c4ccccc4C)ccc32)c(-n2c3ccc(-c4ccccc4C)cc3c3cc(-c4ccccc4C)ccc32)c1. The number of nitriles is 1. The lowest BCUT2D eigenvalue weighted by Crippen LogP contribution is -2.02. The van der Waals surface area contributed by atoms with Crippen LogP contribution in [0.2, 0.25) is 0 Å². The molecule has 12 aromatic rings. The molecule has 0 aliphatic heterocycles. The van der Waals surface area contributed by atoms with Crippen molar-refractivity contribution in [3.05, 3.63) is 240 Å². The van der Waals surface area contributed by atoms with Crippen molar-refractivity contribution in [3.63, 3.8) is 0 Å². The number of hydrogen-bond donors (Lipinski definition) is 0. The third kappa shape index (κ3) is 6.95. The Morgan fingerprint density at radius 3 is 1.03 bits per heavy atom. The van der Waals surface area contributed by atoms with Crippen molar-refractivity contribution < 1.29 is 0 Å².